The molecule has 5 nitrogen and oxygen atoms in total. The summed E-state index contributed by atoms with van der Waals surface area (Å²) in [6.45, 7) is 3.98. The Bertz CT molecular complexity index is 614. The summed E-state index contributed by atoms with van der Waals surface area (Å²) in [6.07, 6.45) is 0.637. The van der Waals surface area contributed by atoms with Gasteiger partial charge in [0.15, 0.2) is 9.84 Å². The van der Waals surface area contributed by atoms with Crippen molar-refractivity contribution in [3.05, 3.63) is 23.8 Å². The zero-order valence-electron chi connectivity index (χ0n) is 13.0. The van der Waals surface area contributed by atoms with E-state index in [-0.39, 0.29) is 23.1 Å². The van der Waals surface area contributed by atoms with Crippen LogP contribution in [-0.2, 0) is 9.84 Å². The topological polar surface area (TPSA) is 64.6 Å². The average Bonchev–Trinajstić information content (AvgIpc) is 2.71. The molecule has 118 valence electrons. The van der Waals surface area contributed by atoms with Gasteiger partial charge in [0.05, 0.1) is 25.7 Å². The zero-order valence-corrected chi connectivity index (χ0v) is 13.8. The fraction of sp³-hybridized carbons (Fsp3) is 0.600. The van der Waals surface area contributed by atoms with Crippen LogP contribution < -0.4 is 14.8 Å². The molecule has 2 rings (SSSR count). The normalized spacial score (nSPS) is 25.5. The lowest BCUT2D eigenvalue weighted by atomic mass is 9.98. The van der Waals surface area contributed by atoms with Gasteiger partial charge in [-0.1, -0.05) is 6.07 Å². The van der Waals surface area contributed by atoms with Crippen LogP contribution in [0.2, 0.25) is 0 Å². The molecule has 0 bridgehead atoms. The van der Waals surface area contributed by atoms with E-state index in [1.807, 2.05) is 32.0 Å². The van der Waals surface area contributed by atoms with Crippen molar-refractivity contribution in [3.8, 4) is 11.5 Å². The van der Waals surface area contributed by atoms with E-state index >= 15 is 0 Å². The van der Waals surface area contributed by atoms with Crippen molar-refractivity contribution < 1.29 is 17.9 Å². The highest BCUT2D eigenvalue weighted by Gasteiger charge is 2.39. The standard InChI is InChI=1S/C15H23NO4S/c1-11(16-15(2)7-8-21(17,18)10-15)13-6-5-12(19-3)9-14(13)20-4/h5-6,9,11,16H,7-8,10H2,1-4H3. The third kappa shape index (κ3) is 3.68. The Balaban J connectivity index is 2.19. The first kappa shape index (κ1) is 16.1. The maximum absolute atomic E-state index is 11.7. The number of methoxy groups -OCH3 is 2. The van der Waals surface area contributed by atoms with Crippen LogP contribution in [-0.4, -0.2) is 39.7 Å². The Hall–Kier alpha value is -1.27. The molecule has 2 unspecified atom stereocenters. The Morgan fingerprint density at radius 1 is 1.29 bits per heavy atom. The van der Waals surface area contributed by atoms with Crippen LogP contribution in [0.1, 0.15) is 31.9 Å². The van der Waals surface area contributed by atoms with Crippen LogP contribution >= 0.6 is 0 Å². The van der Waals surface area contributed by atoms with Gasteiger partial charge in [0.2, 0.25) is 0 Å². The molecule has 1 aromatic carbocycles. The lowest BCUT2D eigenvalue weighted by Crippen LogP contribution is -2.44. The van der Waals surface area contributed by atoms with Crippen molar-refractivity contribution in [3.63, 3.8) is 0 Å². The molecule has 1 saturated heterocycles. The molecule has 0 saturated carbocycles. The number of benzene rings is 1. The van der Waals surface area contributed by atoms with E-state index in [0.29, 0.717) is 6.42 Å². The molecular weight excluding hydrogens is 290 g/mol. The van der Waals surface area contributed by atoms with Gasteiger partial charge in [-0.25, -0.2) is 8.42 Å². The van der Waals surface area contributed by atoms with Crippen molar-refractivity contribution in [2.45, 2.75) is 31.8 Å². The van der Waals surface area contributed by atoms with E-state index in [4.69, 9.17) is 9.47 Å². The summed E-state index contributed by atoms with van der Waals surface area (Å²) in [5.74, 6) is 1.91. The number of nitrogens with one attached hydrogen (secondary N) is 1. The van der Waals surface area contributed by atoms with Gasteiger partial charge in [-0.05, 0) is 26.3 Å². The molecular formula is C15H23NO4S. The first-order valence-electron chi connectivity index (χ1n) is 6.99. The van der Waals surface area contributed by atoms with Gasteiger partial charge in [-0.2, -0.15) is 0 Å². The predicted octanol–water partition coefficient (Wildman–Crippen LogP) is 1.93. The van der Waals surface area contributed by atoms with Gasteiger partial charge in [0, 0.05) is 23.2 Å². The van der Waals surface area contributed by atoms with Crippen LogP contribution in [0.4, 0.5) is 0 Å². The molecule has 0 aliphatic carbocycles. The van der Waals surface area contributed by atoms with E-state index < -0.39 is 9.84 Å². The van der Waals surface area contributed by atoms with Crippen molar-refractivity contribution in [1.82, 2.24) is 5.32 Å². The summed E-state index contributed by atoms with van der Waals surface area (Å²) in [5.41, 5.74) is 0.604. The fourth-order valence-electron chi connectivity index (χ4n) is 2.90. The molecule has 1 aromatic rings. The summed E-state index contributed by atoms with van der Waals surface area (Å²) in [7, 11) is 0.308. The summed E-state index contributed by atoms with van der Waals surface area (Å²) in [6, 6.07) is 5.65. The van der Waals surface area contributed by atoms with Crippen molar-refractivity contribution >= 4 is 9.84 Å². The smallest absolute Gasteiger partial charge is 0.152 e. The van der Waals surface area contributed by atoms with Crippen LogP contribution in [0.5, 0.6) is 11.5 Å². The van der Waals surface area contributed by atoms with Gasteiger partial charge in [0.25, 0.3) is 0 Å². The predicted molar refractivity (Wildman–Crippen MR) is 82.8 cm³/mol. The monoisotopic (exact) mass is 313 g/mol. The lowest BCUT2D eigenvalue weighted by Gasteiger charge is -2.29. The molecule has 0 radical (unpaired) electrons. The quantitative estimate of drug-likeness (QED) is 0.900. The Kier molecular flexibility index (Phi) is 4.49. The minimum absolute atomic E-state index is 0.0100. The molecule has 1 fully saturated rings. The fourth-order valence-corrected chi connectivity index (χ4v) is 5.01. The summed E-state index contributed by atoms with van der Waals surface area (Å²) in [5, 5.41) is 3.44. The average molecular weight is 313 g/mol. The number of hydrogen-bond acceptors (Lipinski definition) is 5. The molecule has 0 aromatic heterocycles. The molecule has 1 aliphatic heterocycles. The number of hydrogen-bond donors (Lipinski definition) is 1. The summed E-state index contributed by atoms with van der Waals surface area (Å²) < 4.78 is 34.0. The minimum Gasteiger partial charge on any atom is -0.497 e. The van der Waals surface area contributed by atoms with Gasteiger partial charge >= 0.3 is 0 Å². The minimum atomic E-state index is -2.92. The van der Waals surface area contributed by atoms with E-state index in [0.717, 1.165) is 17.1 Å². The zero-order chi connectivity index (χ0) is 15.7. The molecule has 21 heavy (non-hydrogen) atoms. The molecule has 1 N–H and O–H groups in total. The third-order valence-corrected chi connectivity index (χ3v) is 5.88. The van der Waals surface area contributed by atoms with E-state index in [2.05, 4.69) is 5.32 Å². The van der Waals surface area contributed by atoms with Crippen LogP contribution in [0.25, 0.3) is 0 Å². The van der Waals surface area contributed by atoms with Crippen LogP contribution in [0, 0.1) is 0 Å². The first-order chi connectivity index (χ1) is 9.78. The Morgan fingerprint density at radius 2 is 2.00 bits per heavy atom. The van der Waals surface area contributed by atoms with E-state index in [1.54, 1.807) is 14.2 Å². The van der Waals surface area contributed by atoms with E-state index in [9.17, 15) is 8.42 Å². The number of ether oxygens (including phenoxy) is 2. The highest BCUT2D eigenvalue weighted by atomic mass is 32.2. The largest absolute Gasteiger partial charge is 0.497 e. The summed E-state index contributed by atoms with van der Waals surface area (Å²) in [4.78, 5) is 0. The SMILES string of the molecule is COc1ccc(C(C)NC2(C)CCS(=O)(=O)C2)c(OC)c1. The second kappa shape index (κ2) is 5.85. The molecule has 2 atom stereocenters. The van der Waals surface area contributed by atoms with Gasteiger partial charge in [-0.3, -0.25) is 0 Å². The molecule has 6 heteroatoms. The number of sulfone groups is 1. The van der Waals surface area contributed by atoms with E-state index in [1.165, 1.54) is 0 Å². The molecule has 0 spiro atoms. The van der Waals surface area contributed by atoms with Crippen molar-refractivity contribution in [2.24, 2.45) is 0 Å². The highest BCUT2D eigenvalue weighted by Crippen LogP contribution is 2.32. The molecule has 1 heterocycles. The maximum atomic E-state index is 11.7. The second-order valence-corrected chi connectivity index (χ2v) is 8.06. The van der Waals surface area contributed by atoms with Gasteiger partial charge < -0.3 is 14.8 Å². The lowest BCUT2D eigenvalue weighted by molar-refractivity contribution is 0.341. The van der Waals surface area contributed by atoms with Gasteiger partial charge in [0.1, 0.15) is 11.5 Å². The van der Waals surface area contributed by atoms with Gasteiger partial charge in [-0.15, -0.1) is 0 Å². The first-order valence-corrected chi connectivity index (χ1v) is 8.81. The summed E-state index contributed by atoms with van der Waals surface area (Å²) >= 11 is 0. The van der Waals surface area contributed by atoms with Crippen molar-refractivity contribution in [1.29, 1.82) is 0 Å². The highest BCUT2D eigenvalue weighted by molar-refractivity contribution is 7.91. The van der Waals surface area contributed by atoms with Crippen LogP contribution in [0.3, 0.4) is 0 Å². The molecule has 0 amide bonds. The third-order valence-electron chi connectivity index (χ3n) is 3.98. The molecule has 1 aliphatic rings. The van der Waals surface area contributed by atoms with Crippen LogP contribution in [0.15, 0.2) is 18.2 Å². The number of rotatable bonds is 5. The maximum Gasteiger partial charge on any atom is 0.152 e. The Morgan fingerprint density at radius 3 is 2.52 bits per heavy atom. The second-order valence-electron chi connectivity index (χ2n) is 5.88. The van der Waals surface area contributed by atoms with Crippen molar-refractivity contribution in [2.75, 3.05) is 25.7 Å². The Labute approximate surface area is 126 Å².